The molecule has 232 valence electrons. The molecular weight excluding hydrogens is 567 g/mol. The van der Waals surface area contributed by atoms with E-state index in [1.54, 1.807) is 0 Å². The largest absolute Gasteiger partial charge is 0.462 e. The number of piperazine rings is 1. The Morgan fingerprint density at radius 1 is 1.23 bits per heavy atom. The van der Waals surface area contributed by atoms with E-state index in [1.807, 2.05) is 18.2 Å². The van der Waals surface area contributed by atoms with E-state index in [-0.39, 0.29) is 18.9 Å². The maximum absolute atomic E-state index is 13.8. The number of aryl methyl sites for hydroxylation is 1. The molecule has 43 heavy (non-hydrogen) atoms. The van der Waals surface area contributed by atoms with Crippen LogP contribution in [0.4, 0.5) is 10.2 Å². The van der Waals surface area contributed by atoms with Crippen molar-refractivity contribution in [1.82, 2.24) is 19.8 Å². The van der Waals surface area contributed by atoms with Crippen molar-refractivity contribution in [1.29, 1.82) is 5.26 Å². The molecule has 0 N–H and O–H groups in total. The van der Waals surface area contributed by atoms with E-state index in [1.165, 1.54) is 4.90 Å². The van der Waals surface area contributed by atoms with E-state index in [0.29, 0.717) is 37.8 Å². The summed E-state index contributed by atoms with van der Waals surface area (Å²) in [7, 11) is 2.13. The molecule has 1 aromatic heterocycles. The van der Waals surface area contributed by atoms with Crippen LogP contribution in [0.1, 0.15) is 75.6 Å². The third-order valence-electron chi connectivity index (χ3n) is 8.96. The van der Waals surface area contributed by atoms with Gasteiger partial charge in [0.25, 0.3) is 5.91 Å². The van der Waals surface area contributed by atoms with Crippen LogP contribution in [0, 0.1) is 11.3 Å². The van der Waals surface area contributed by atoms with E-state index < -0.39 is 17.8 Å². The maximum atomic E-state index is 13.8. The summed E-state index contributed by atoms with van der Waals surface area (Å²) in [6.07, 6.45) is 5.60. The van der Waals surface area contributed by atoms with Crippen LogP contribution in [0.3, 0.4) is 0 Å². The van der Waals surface area contributed by atoms with Crippen molar-refractivity contribution in [3.05, 3.63) is 58.5 Å². The van der Waals surface area contributed by atoms with Crippen molar-refractivity contribution < 1.29 is 13.9 Å². The molecule has 0 bridgehead atoms. The molecule has 10 heteroatoms. The van der Waals surface area contributed by atoms with Crippen molar-refractivity contribution in [3.8, 4) is 12.1 Å². The molecule has 2 fully saturated rings. The topological polar surface area (TPSA) is 85.6 Å². The smallest absolute Gasteiger partial charge is 0.318 e. The molecular formula is C33H44ClFN6O2. The van der Waals surface area contributed by atoms with Gasteiger partial charge < -0.3 is 14.5 Å². The third kappa shape index (κ3) is 7.84. The molecule has 1 amide bonds. The first kappa shape index (κ1) is 32.7. The zero-order valence-electron chi connectivity index (χ0n) is 25.9. The summed E-state index contributed by atoms with van der Waals surface area (Å²) in [4.78, 5) is 28.4. The molecule has 2 aromatic rings. The molecule has 0 saturated carbocycles. The van der Waals surface area contributed by atoms with Crippen molar-refractivity contribution >= 4 is 23.3 Å². The predicted octanol–water partition coefficient (Wildman–Crippen LogP) is 6.09. The second kappa shape index (κ2) is 15.0. The summed E-state index contributed by atoms with van der Waals surface area (Å²) in [5, 5.41) is 10.3. The van der Waals surface area contributed by atoms with Crippen molar-refractivity contribution in [2.75, 3.05) is 38.2 Å². The summed E-state index contributed by atoms with van der Waals surface area (Å²) < 4.78 is 20.1. The second-order valence-corrected chi connectivity index (χ2v) is 12.3. The molecule has 1 aromatic carbocycles. The lowest BCUT2D eigenvalue weighted by Gasteiger charge is -2.41. The number of rotatable bonds is 12. The van der Waals surface area contributed by atoms with Crippen LogP contribution in [0.2, 0.25) is 5.02 Å². The highest BCUT2D eigenvalue weighted by atomic mass is 35.5. The molecule has 2 aliphatic rings. The lowest BCUT2D eigenvalue weighted by atomic mass is 9.93. The van der Waals surface area contributed by atoms with Gasteiger partial charge >= 0.3 is 6.01 Å². The van der Waals surface area contributed by atoms with Gasteiger partial charge in [0.15, 0.2) is 5.83 Å². The van der Waals surface area contributed by atoms with Crippen LogP contribution in [0.5, 0.6) is 6.01 Å². The normalized spacial score (nSPS) is 21.5. The lowest BCUT2D eigenvalue weighted by Crippen LogP contribution is -2.55. The predicted molar refractivity (Wildman–Crippen MR) is 168 cm³/mol. The number of ether oxygens (including phenoxy) is 1. The van der Waals surface area contributed by atoms with Crippen LogP contribution >= 0.6 is 11.6 Å². The highest BCUT2D eigenvalue weighted by Gasteiger charge is 2.34. The third-order valence-corrected chi connectivity index (χ3v) is 9.33. The average molecular weight is 611 g/mol. The van der Waals surface area contributed by atoms with Crippen LogP contribution in [0.25, 0.3) is 0 Å². The number of halogens is 2. The van der Waals surface area contributed by atoms with Gasteiger partial charge in [0, 0.05) is 42.3 Å². The lowest BCUT2D eigenvalue weighted by molar-refractivity contribution is -0.131. The first-order valence-electron chi connectivity index (χ1n) is 15.4. The van der Waals surface area contributed by atoms with Gasteiger partial charge in [0.05, 0.1) is 24.2 Å². The fourth-order valence-corrected chi connectivity index (χ4v) is 6.46. The Morgan fingerprint density at radius 2 is 2.00 bits per heavy atom. The quantitative estimate of drug-likeness (QED) is 0.269. The average Bonchev–Trinajstić information content (AvgIpc) is 3.32. The summed E-state index contributed by atoms with van der Waals surface area (Å²) in [5.74, 6) is -0.900. The summed E-state index contributed by atoms with van der Waals surface area (Å²) in [5.41, 5.74) is 3.11. The number of benzene rings is 1. The number of aromatic nitrogens is 2. The van der Waals surface area contributed by atoms with Crippen molar-refractivity contribution in [2.24, 2.45) is 0 Å². The standard InChI is InChI=1S/C33H44ClFN6O2/c1-6-9-28-30(22(2)12-14-25-10-7-8-11-29(25)34)37-33(43-21-27-15-13-23(3)39(27)5)38-31(28)40-18-19-41(32(42)24(4)35)26(20-40)16-17-36/h7-8,10-11,22-23,26-27H,4,6,9,12-16,18-21H2,1-3,5H3/t22-,23?,26?,27?/m1/s1. The van der Waals surface area contributed by atoms with E-state index in [2.05, 4.69) is 56.3 Å². The molecule has 2 saturated heterocycles. The van der Waals surface area contributed by atoms with Gasteiger partial charge in [-0.05, 0) is 63.6 Å². The molecule has 0 radical (unpaired) electrons. The summed E-state index contributed by atoms with van der Waals surface area (Å²) >= 11 is 6.47. The van der Waals surface area contributed by atoms with E-state index in [4.69, 9.17) is 26.3 Å². The number of likely N-dealkylation sites (tertiary alicyclic amines) is 1. The van der Waals surface area contributed by atoms with Crippen LogP contribution in [-0.2, 0) is 17.6 Å². The summed E-state index contributed by atoms with van der Waals surface area (Å²) in [6.45, 7) is 11.3. The molecule has 0 aliphatic carbocycles. The first-order valence-corrected chi connectivity index (χ1v) is 15.8. The fourth-order valence-electron chi connectivity index (χ4n) is 6.22. The minimum Gasteiger partial charge on any atom is -0.462 e. The molecule has 8 nitrogen and oxygen atoms in total. The minimum atomic E-state index is -1.01. The highest BCUT2D eigenvalue weighted by molar-refractivity contribution is 6.31. The highest BCUT2D eigenvalue weighted by Crippen LogP contribution is 2.34. The number of hydrogen-bond acceptors (Lipinski definition) is 7. The van der Waals surface area contributed by atoms with Crippen LogP contribution < -0.4 is 9.64 Å². The van der Waals surface area contributed by atoms with Gasteiger partial charge in [-0.3, -0.25) is 9.69 Å². The number of likely N-dealkylation sites (N-methyl/N-ethyl adjacent to an activating group) is 1. The first-order chi connectivity index (χ1) is 20.6. The molecule has 4 atom stereocenters. The van der Waals surface area contributed by atoms with Crippen LogP contribution in [-0.4, -0.2) is 77.1 Å². The molecule has 2 aliphatic heterocycles. The number of carbonyl (C=O) groups excluding carboxylic acids is 1. The molecule has 4 rings (SSSR count). The number of hydrogen-bond donors (Lipinski definition) is 0. The number of carbonyl (C=O) groups is 1. The number of nitrogens with zero attached hydrogens (tertiary/aromatic N) is 6. The maximum Gasteiger partial charge on any atom is 0.318 e. The van der Waals surface area contributed by atoms with Gasteiger partial charge in [-0.2, -0.15) is 15.2 Å². The van der Waals surface area contributed by atoms with E-state index in [0.717, 1.165) is 66.2 Å². The Balaban J connectivity index is 1.68. The Morgan fingerprint density at radius 3 is 2.65 bits per heavy atom. The van der Waals surface area contributed by atoms with E-state index in [9.17, 15) is 14.4 Å². The second-order valence-electron chi connectivity index (χ2n) is 11.9. The van der Waals surface area contributed by atoms with Crippen molar-refractivity contribution in [3.63, 3.8) is 0 Å². The van der Waals surface area contributed by atoms with Crippen LogP contribution in [0.15, 0.2) is 36.7 Å². The Bertz CT molecular complexity index is 1330. The molecule has 3 unspecified atom stereocenters. The van der Waals surface area contributed by atoms with Gasteiger partial charge in [-0.15, -0.1) is 0 Å². The number of anilines is 1. The Labute approximate surface area is 260 Å². The zero-order chi connectivity index (χ0) is 31.1. The molecule has 3 heterocycles. The zero-order valence-corrected chi connectivity index (χ0v) is 26.6. The van der Waals surface area contributed by atoms with Gasteiger partial charge in [0.1, 0.15) is 12.4 Å². The minimum absolute atomic E-state index is 0.0837. The van der Waals surface area contributed by atoms with Gasteiger partial charge in [-0.25, -0.2) is 4.39 Å². The Kier molecular flexibility index (Phi) is 11.4. The monoisotopic (exact) mass is 610 g/mol. The molecule has 0 spiro atoms. The summed E-state index contributed by atoms with van der Waals surface area (Å²) in [6, 6.07) is 10.7. The van der Waals surface area contributed by atoms with Crippen molar-refractivity contribution in [2.45, 2.75) is 89.8 Å². The number of nitriles is 1. The van der Waals surface area contributed by atoms with E-state index >= 15 is 0 Å². The van der Waals surface area contributed by atoms with Gasteiger partial charge in [-0.1, -0.05) is 56.6 Å². The number of amides is 1. The Hall–Kier alpha value is -3.22. The SMILES string of the molecule is C=C(F)C(=O)N1CCN(c2nc(OCC3CCC(C)N3C)nc([C@H](C)CCc3ccccc3Cl)c2CCC)CC1CC#N. The van der Waals surface area contributed by atoms with Gasteiger partial charge in [0.2, 0.25) is 0 Å². The fraction of sp³-hybridized carbons (Fsp3) is 0.576.